The van der Waals surface area contributed by atoms with Crippen LogP contribution in [0.2, 0.25) is 0 Å². The van der Waals surface area contributed by atoms with Crippen molar-refractivity contribution in [3.05, 3.63) is 23.8 Å². The van der Waals surface area contributed by atoms with E-state index in [0.29, 0.717) is 30.0 Å². The predicted molar refractivity (Wildman–Crippen MR) is 83.3 cm³/mol. The third-order valence-corrected chi connectivity index (χ3v) is 3.80. The van der Waals surface area contributed by atoms with E-state index in [0.717, 1.165) is 0 Å². The molecule has 1 heterocycles. The quantitative estimate of drug-likeness (QED) is 0.785. The number of carbonyl (C=O) groups is 2. The van der Waals surface area contributed by atoms with E-state index in [2.05, 4.69) is 5.32 Å². The lowest BCUT2D eigenvalue weighted by molar-refractivity contribution is -0.126. The highest BCUT2D eigenvalue weighted by Crippen LogP contribution is 2.31. The summed E-state index contributed by atoms with van der Waals surface area (Å²) in [6, 6.07) is 5.18. The van der Waals surface area contributed by atoms with E-state index in [4.69, 9.17) is 5.73 Å². The molecule has 0 atom stereocenters. The Bertz CT molecular complexity index is 581. The second kappa shape index (κ2) is 5.27. The first kappa shape index (κ1) is 15.2. The average Bonchev–Trinajstić information content (AvgIpc) is 2.41. The van der Waals surface area contributed by atoms with Gasteiger partial charge in [0.1, 0.15) is 5.54 Å². The van der Waals surface area contributed by atoms with Crippen molar-refractivity contribution in [2.24, 2.45) is 0 Å². The Kier molecular flexibility index (Phi) is 3.80. The predicted octanol–water partition coefficient (Wildman–Crippen LogP) is 0.685. The summed E-state index contributed by atoms with van der Waals surface area (Å²) in [5.41, 5.74) is 6.98. The number of nitrogens with one attached hydrogen (secondary N) is 1. The molecule has 1 fully saturated rings. The number of piperazine rings is 1. The van der Waals surface area contributed by atoms with Crippen LogP contribution in [-0.4, -0.2) is 49.4 Å². The number of nitrogen functional groups attached to an aromatic ring is 1. The number of anilines is 2. The van der Waals surface area contributed by atoms with Crippen molar-refractivity contribution in [3.63, 3.8) is 0 Å². The van der Waals surface area contributed by atoms with E-state index in [1.807, 2.05) is 18.7 Å². The Morgan fingerprint density at radius 1 is 1.38 bits per heavy atom. The molecule has 0 spiro atoms. The normalized spacial score (nSPS) is 17.3. The van der Waals surface area contributed by atoms with Gasteiger partial charge in [0.25, 0.3) is 5.91 Å². The van der Waals surface area contributed by atoms with Crippen LogP contribution in [0.5, 0.6) is 0 Å². The van der Waals surface area contributed by atoms with E-state index in [1.165, 1.54) is 4.90 Å². The highest BCUT2D eigenvalue weighted by molar-refractivity contribution is 6.02. The molecule has 2 rings (SSSR count). The number of carbonyl (C=O) groups excluding carboxylic acids is 2. The molecule has 0 bridgehead atoms. The van der Waals surface area contributed by atoms with E-state index < -0.39 is 5.54 Å². The standard InChI is InChI=1S/C15H22N4O2/c1-15(2)14(21)17-7-8-19(15)12-9-10(16)5-6-11(12)13(20)18(3)4/h5-6,9H,7-8,16H2,1-4H3,(H,17,21). The minimum atomic E-state index is -0.729. The molecule has 1 aliphatic heterocycles. The van der Waals surface area contributed by atoms with Crippen LogP contribution in [0.4, 0.5) is 11.4 Å². The van der Waals surface area contributed by atoms with Crippen molar-refractivity contribution in [2.75, 3.05) is 37.8 Å². The van der Waals surface area contributed by atoms with Crippen molar-refractivity contribution in [3.8, 4) is 0 Å². The molecule has 0 saturated carbocycles. The van der Waals surface area contributed by atoms with Crippen molar-refractivity contribution in [1.82, 2.24) is 10.2 Å². The highest BCUT2D eigenvalue weighted by Gasteiger charge is 2.39. The van der Waals surface area contributed by atoms with Crippen LogP contribution < -0.4 is 16.0 Å². The lowest BCUT2D eigenvalue weighted by atomic mass is 9.96. The molecular weight excluding hydrogens is 268 g/mol. The Morgan fingerprint density at radius 2 is 2.05 bits per heavy atom. The zero-order chi connectivity index (χ0) is 15.8. The molecule has 114 valence electrons. The fourth-order valence-electron chi connectivity index (χ4n) is 2.51. The number of rotatable bonds is 2. The molecule has 6 nitrogen and oxygen atoms in total. The molecule has 0 aromatic heterocycles. The summed E-state index contributed by atoms with van der Waals surface area (Å²) in [7, 11) is 3.41. The first-order valence-corrected chi connectivity index (χ1v) is 6.92. The monoisotopic (exact) mass is 290 g/mol. The van der Waals surface area contributed by atoms with Gasteiger partial charge in [0.05, 0.1) is 11.3 Å². The Balaban J connectivity index is 2.54. The van der Waals surface area contributed by atoms with Gasteiger partial charge in [-0.1, -0.05) is 0 Å². The zero-order valence-corrected chi connectivity index (χ0v) is 12.9. The smallest absolute Gasteiger partial charge is 0.255 e. The molecule has 21 heavy (non-hydrogen) atoms. The summed E-state index contributed by atoms with van der Waals surface area (Å²) < 4.78 is 0. The van der Waals surface area contributed by atoms with Gasteiger partial charge in [-0.25, -0.2) is 0 Å². The summed E-state index contributed by atoms with van der Waals surface area (Å²) >= 11 is 0. The lowest BCUT2D eigenvalue weighted by Gasteiger charge is -2.43. The molecule has 3 N–H and O–H groups in total. The van der Waals surface area contributed by atoms with E-state index >= 15 is 0 Å². The van der Waals surface area contributed by atoms with E-state index in [9.17, 15) is 9.59 Å². The van der Waals surface area contributed by atoms with Gasteiger partial charge >= 0.3 is 0 Å². The van der Waals surface area contributed by atoms with E-state index in [-0.39, 0.29) is 11.8 Å². The van der Waals surface area contributed by atoms with Crippen molar-refractivity contribution >= 4 is 23.2 Å². The topological polar surface area (TPSA) is 78.7 Å². The first-order valence-electron chi connectivity index (χ1n) is 6.92. The zero-order valence-electron chi connectivity index (χ0n) is 12.9. The van der Waals surface area contributed by atoms with Gasteiger partial charge in [-0.05, 0) is 32.0 Å². The number of nitrogens with zero attached hydrogens (tertiary/aromatic N) is 2. The molecule has 0 radical (unpaired) electrons. The summed E-state index contributed by atoms with van der Waals surface area (Å²) in [4.78, 5) is 28.0. The first-order chi connectivity index (χ1) is 9.75. The third kappa shape index (κ3) is 2.66. The van der Waals surface area contributed by atoms with Crippen molar-refractivity contribution in [1.29, 1.82) is 0 Å². The summed E-state index contributed by atoms with van der Waals surface area (Å²) in [6.07, 6.45) is 0. The van der Waals surface area contributed by atoms with Crippen LogP contribution in [0.1, 0.15) is 24.2 Å². The molecule has 2 amide bonds. The van der Waals surface area contributed by atoms with Crippen LogP contribution in [-0.2, 0) is 4.79 Å². The molecular formula is C15H22N4O2. The molecule has 1 saturated heterocycles. The molecule has 1 aromatic carbocycles. The number of hydrogen-bond donors (Lipinski definition) is 2. The van der Waals surface area contributed by atoms with Gasteiger partial charge in [0.2, 0.25) is 5.91 Å². The summed E-state index contributed by atoms with van der Waals surface area (Å²) in [5.74, 6) is -0.161. The SMILES string of the molecule is CN(C)C(=O)c1ccc(N)cc1N1CCNC(=O)C1(C)C. The van der Waals surface area contributed by atoms with Gasteiger partial charge in [-0.2, -0.15) is 0 Å². The number of nitrogens with two attached hydrogens (primary N) is 1. The van der Waals surface area contributed by atoms with Crippen LogP contribution in [0, 0.1) is 0 Å². The Hall–Kier alpha value is -2.24. The maximum Gasteiger partial charge on any atom is 0.255 e. The van der Waals surface area contributed by atoms with E-state index in [1.54, 1.807) is 32.3 Å². The van der Waals surface area contributed by atoms with Gasteiger partial charge in [0.15, 0.2) is 0 Å². The third-order valence-electron chi connectivity index (χ3n) is 3.80. The maximum atomic E-state index is 12.4. The van der Waals surface area contributed by atoms with Gasteiger partial charge < -0.3 is 20.9 Å². The molecule has 0 unspecified atom stereocenters. The van der Waals surface area contributed by atoms with Gasteiger partial charge in [-0.15, -0.1) is 0 Å². The van der Waals surface area contributed by atoms with Crippen LogP contribution in [0.15, 0.2) is 18.2 Å². The average molecular weight is 290 g/mol. The minimum Gasteiger partial charge on any atom is -0.399 e. The van der Waals surface area contributed by atoms with Gasteiger partial charge in [0, 0.05) is 32.9 Å². The van der Waals surface area contributed by atoms with Crippen molar-refractivity contribution in [2.45, 2.75) is 19.4 Å². The number of amides is 2. The summed E-state index contributed by atoms with van der Waals surface area (Å²) in [5, 5.41) is 2.85. The number of hydrogen-bond acceptors (Lipinski definition) is 4. The van der Waals surface area contributed by atoms with Crippen LogP contribution >= 0.6 is 0 Å². The second-order valence-electron chi connectivity index (χ2n) is 5.94. The molecule has 6 heteroatoms. The van der Waals surface area contributed by atoms with Crippen LogP contribution in [0.3, 0.4) is 0 Å². The van der Waals surface area contributed by atoms with Gasteiger partial charge in [-0.3, -0.25) is 9.59 Å². The number of benzene rings is 1. The van der Waals surface area contributed by atoms with Crippen molar-refractivity contribution < 1.29 is 9.59 Å². The minimum absolute atomic E-state index is 0.0561. The van der Waals surface area contributed by atoms with Crippen LogP contribution in [0.25, 0.3) is 0 Å². The lowest BCUT2D eigenvalue weighted by Crippen LogP contribution is -2.62. The molecule has 1 aromatic rings. The fraction of sp³-hybridized carbons (Fsp3) is 0.467. The maximum absolute atomic E-state index is 12.4. The largest absolute Gasteiger partial charge is 0.399 e. The Labute approximate surface area is 124 Å². The fourth-order valence-corrected chi connectivity index (χ4v) is 2.51. The molecule has 1 aliphatic rings. The summed E-state index contributed by atoms with van der Waals surface area (Å²) in [6.45, 7) is 4.87. The molecule has 0 aliphatic carbocycles. The highest BCUT2D eigenvalue weighted by atomic mass is 16.2. The second-order valence-corrected chi connectivity index (χ2v) is 5.94. The Morgan fingerprint density at radius 3 is 2.67 bits per heavy atom.